The minimum Gasteiger partial charge on any atom is -0.468 e. The van der Waals surface area contributed by atoms with Crippen molar-refractivity contribution in [1.82, 2.24) is 14.5 Å². The number of amides is 1. The third-order valence-corrected chi connectivity index (χ3v) is 4.90. The molecule has 0 bridgehead atoms. The Labute approximate surface area is 186 Å². The third kappa shape index (κ3) is 6.64. The normalized spacial score (nSPS) is 11.5. The van der Waals surface area contributed by atoms with Crippen molar-refractivity contribution >= 4 is 34.7 Å². The molecule has 7 nitrogen and oxygen atoms in total. The Hall–Kier alpha value is -3.21. The first kappa shape index (κ1) is 23.5. The van der Waals surface area contributed by atoms with E-state index in [1.165, 1.54) is 22.9 Å². The lowest BCUT2D eigenvalue weighted by Crippen LogP contribution is -2.22. The highest BCUT2D eigenvalue weighted by molar-refractivity contribution is 7.71. The second-order valence-electron chi connectivity index (χ2n) is 7.08. The predicted octanol–water partition coefficient (Wildman–Crippen LogP) is 4.59. The van der Waals surface area contributed by atoms with Crippen LogP contribution in [0.2, 0.25) is 0 Å². The molecular weight excluding hydrogens is 445 g/mol. The van der Waals surface area contributed by atoms with E-state index in [4.69, 9.17) is 12.2 Å². The topological polar surface area (TPSA) is 89.0 Å². The number of H-pyrrole nitrogens is 1. The SMILES string of the molecule is O=C(CCCCCn1c(=S)[nH]c2ccccc2c1=O)Nc1ccc(OCC(F)(F)F)nc1. The van der Waals surface area contributed by atoms with Crippen LogP contribution in [-0.4, -0.2) is 33.2 Å². The van der Waals surface area contributed by atoms with Crippen LogP contribution in [0.3, 0.4) is 0 Å². The number of carbonyl (C=O) groups is 1. The maximum Gasteiger partial charge on any atom is 0.422 e. The zero-order chi connectivity index (χ0) is 23.1. The van der Waals surface area contributed by atoms with Crippen LogP contribution >= 0.6 is 12.2 Å². The molecule has 2 N–H and O–H groups in total. The van der Waals surface area contributed by atoms with Gasteiger partial charge in [0.05, 0.1) is 22.8 Å². The quantitative estimate of drug-likeness (QED) is 0.356. The van der Waals surface area contributed by atoms with E-state index < -0.39 is 12.8 Å². The monoisotopic (exact) mass is 466 g/mol. The molecule has 11 heteroatoms. The molecular formula is C21H21F3N4O3S. The van der Waals surface area contributed by atoms with Crippen LogP contribution in [0.1, 0.15) is 25.7 Å². The molecule has 3 aromatic rings. The van der Waals surface area contributed by atoms with Gasteiger partial charge in [-0.2, -0.15) is 13.2 Å². The fourth-order valence-corrected chi connectivity index (χ4v) is 3.34. The number of benzene rings is 1. The fraction of sp³-hybridized carbons (Fsp3) is 0.333. The second kappa shape index (κ2) is 10.4. The van der Waals surface area contributed by atoms with E-state index in [1.807, 2.05) is 6.07 Å². The zero-order valence-corrected chi connectivity index (χ0v) is 17.8. The molecule has 1 aromatic carbocycles. The standard InChI is InChI=1S/C21H21F3N4O3S/c22-21(23,24)13-31-18-10-9-14(12-25-18)26-17(29)8-2-1-5-11-28-19(30)15-6-3-4-7-16(15)27-20(28)32/h3-4,6-7,9-10,12H,1-2,5,8,11,13H2,(H,26,29)(H,27,32). The number of alkyl halides is 3. The van der Waals surface area contributed by atoms with Crippen molar-refractivity contribution in [3.63, 3.8) is 0 Å². The lowest BCUT2D eigenvalue weighted by Gasteiger charge is -2.09. The Morgan fingerprint density at radius 3 is 2.66 bits per heavy atom. The van der Waals surface area contributed by atoms with Crippen LogP contribution in [-0.2, 0) is 11.3 Å². The molecule has 0 aliphatic carbocycles. The number of pyridine rings is 1. The van der Waals surface area contributed by atoms with Gasteiger partial charge in [0.2, 0.25) is 11.8 Å². The van der Waals surface area contributed by atoms with Crippen molar-refractivity contribution in [2.24, 2.45) is 0 Å². The number of fused-ring (bicyclic) bond motifs is 1. The highest BCUT2D eigenvalue weighted by atomic mass is 32.1. The summed E-state index contributed by atoms with van der Waals surface area (Å²) in [7, 11) is 0. The highest BCUT2D eigenvalue weighted by Crippen LogP contribution is 2.18. The number of rotatable bonds is 9. The third-order valence-electron chi connectivity index (χ3n) is 4.58. The molecule has 0 radical (unpaired) electrons. The maximum atomic E-state index is 12.6. The van der Waals surface area contributed by atoms with Gasteiger partial charge in [-0.05, 0) is 43.3 Å². The summed E-state index contributed by atoms with van der Waals surface area (Å²) in [6, 6.07) is 9.84. The van der Waals surface area contributed by atoms with Crippen molar-refractivity contribution in [2.75, 3.05) is 11.9 Å². The molecule has 0 aliphatic rings. The molecule has 170 valence electrons. The Morgan fingerprint density at radius 2 is 1.94 bits per heavy atom. The fourth-order valence-electron chi connectivity index (χ4n) is 3.05. The second-order valence-corrected chi connectivity index (χ2v) is 7.47. The van der Waals surface area contributed by atoms with E-state index in [1.54, 1.807) is 18.2 Å². The molecule has 0 unspecified atom stereocenters. The number of carbonyl (C=O) groups excluding carboxylic acids is 1. The summed E-state index contributed by atoms with van der Waals surface area (Å²) >= 11 is 5.28. The van der Waals surface area contributed by atoms with Gasteiger partial charge >= 0.3 is 6.18 Å². The van der Waals surface area contributed by atoms with E-state index in [0.29, 0.717) is 47.2 Å². The van der Waals surface area contributed by atoms with E-state index in [2.05, 4.69) is 20.0 Å². The van der Waals surface area contributed by atoms with Gasteiger partial charge in [0.1, 0.15) is 0 Å². The van der Waals surface area contributed by atoms with Gasteiger partial charge < -0.3 is 15.0 Å². The zero-order valence-electron chi connectivity index (χ0n) is 16.9. The summed E-state index contributed by atoms with van der Waals surface area (Å²) in [5.74, 6) is -0.418. The van der Waals surface area contributed by atoms with E-state index in [9.17, 15) is 22.8 Å². The number of hydrogen-bond acceptors (Lipinski definition) is 5. The van der Waals surface area contributed by atoms with Crippen molar-refractivity contribution in [3.8, 4) is 5.88 Å². The van der Waals surface area contributed by atoms with Crippen LogP contribution in [0.15, 0.2) is 47.4 Å². The highest BCUT2D eigenvalue weighted by Gasteiger charge is 2.28. The first-order valence-corrected chi connectivity index (χ1v) is 10.3. The minimum absolute atomic E-state index is 0.141. The van der Waals surface area contributed by atoms with Crippen LogP contribution < -0.4 is 15.6 Å². The molecule has 0 saturated carbocycles. The van der Waals surface area contributed by atoms with Crippen molar-refractivity contribution in [2.45, 2.75) is 38.4 Å². The van der Waals surface area contributed by atoms with Crippen LogP contribution in [0.5, 0.6) is 5.88 Å². The summed E-state index contributed by atoms with van der Waals surface area (Å²) in [4.78, 5) is 31.4. The molecule has 2 heterocycles. The van der Waals surface area contributed by atoms with Gasteiger partial charge in [0.15, 0.2) is 11.4 Å². The summed E-state index contributed by atoms with van der Waals surface area (Å²) < 4.78 is 42.8. The number of aromatic nitrogens is 3. The number of nitrogens with one attached hydrogen (secondary N) is 2. The van der Waals surface area contributed by atoms with Gasteiger partial charge in [-0.3, -0.25) is 14.2 Å². The largest absolute Gasteiger partial charge is 0.468 e. The number of aromatic amines is 1. The lowest BCUT2D eigenvalue weighted by atomic mass is 10.2. The molecule has 1 amide bonds. The van der Waals surface area contributed by atoms with Crippen LogP contribution in [0.4, 0.5) is 18.9 Å². The Kier molecular flexibility index (Phi) is 7.62. The van der Waals surface area contributed by atoms with E-state index >= 15 is 0 Å². The molecule has 0 aliphatic heterocycles. The van der Waals surface area contributed by atoms with Gasteiger partial charge in [-0.25, -0.2) is 4.98 Å². The Bertz CT molecular complexity index is 1190. The Balaban J connectivity index is 1.42. The molecule has 3 rings (SSSR count). The minimum atomic E-state index is -4.44. The summed E-state index contributed by atoms with van der Waals surface area (Å²) in [6.07, 6.45) is -0.963. The predicted molar refractivity (Wildman–Crippen MR) is 116 cm³/mol. The number of anilines is 1. The van der Waals surface area contributed by atoms with Crippen molar-refractivity contribution < 1.29 is 22.7 Å². The molecule has 0 spiro atoms. The van der Waals surface area contributed by atoms with E-state index in [0.717, 1.165) is 0 Å². The average molecular weight is 466 g/mol. The number of nitrogens with zero attached hydrogens (tertiary/aromatic N) is 2. The van der Waals surface area contributed by atoms with Gasteiger partial charge in [0, 0.05) is 19.0 Å². The first-order valence-electron chi connectivity index (χ1n) is 9.90. The average Bonchev–Trinajstić information content (AvgIpc) is 2.74. The Morgan fingerprint density at radius 1 is 1.16 bits per heavy atom. The van der Waals surface area contributed by atoms with Gasteiger partial charge in [-0.1, -0.05) is 18.6 Å². The number of hydrogen-bond donors (Lipinski definition) is 2. The molecule has 0 atom stereocenters. The van der Waals surface area contributed by atoms with E-state index in [-0.39, 0.29) is 23.8 Å². The number of ether oxygens (including phenoxy) is 1. The van der Waals surface area contributed by atoms with Crippen molar-refractivity contribution in [1.29, 1.82) is 0 Å². The summed E-state index contributed by atoms with van der Waals surface area (Å²) in [6.45, 7) is -0.980. The van der Waals surface area contributed by atoms with Crippen LogP contribution in [0.25, 0.3) is 10.9 Å². The smallest absolute Gasteiger partial charge is 0.422 e. The number of unbranched alkanes of at least 4 members (excludes halogenated alkanes) is 2. The van der Waals surface area contributed by atoms with Crippen LogP contribution in [0, 0.1) is 4.77 Å². The first-order chi connectivity index (χ1) is 15.2. The molecule has 0 saturated heterocycles. The molecule has 2 aromatic heterocycles. The number of halogens is 3. The van der Waals surface area contributed by atoms with Crippen molar-refractivity contribution in [3.05, 3.63) is 57.7 Å². The number of para-hydroxylation sites is 1. The van der Waals surface area contributed by atoms with Gasteiger partial charge in [-0.15, -0.1) is 0 Å². The maximum absolute atomic E-state index is 12.6. The molecule has 0 fully saturated rings. The summed E-state index contributed by atoms with van der Waals surface area (Å²) in [5.41, 5.74) is 0.922. The summed E-state index contributed by atoms with van der Waals surface area (Å²) in [5, 5.41) is 3.21. The van der Waals surface area contributed by atoms with Gasteiger partial charge in [0.25, 0.3) is 5.56 Å². The lowest BCUT2D eigenvalue weighted by molar-refractivity contribution is -0.154. The molecule has 32 heavy (non-hydrogen) atoms.